The first kappa shape index (κ1) is 11.5. The van der Waals surface area contributed by atoms with Gasteiger partial charge in [0.05, 0.1) is 11.2 Å². The van der Waals surface area contributed by atoms with Crippen LogP contribution in [0.15, 0.2) is 6.20 Å². The molecular weight excluding hydrogens is 222 g/mol. The maximum absolute atomic E-state index is 11.9. The molecule has 1 heterocycles. The molecule has 0 radical (unpaired) electrons. The van der Waals surface area contributed by atoms with Crippen molar-refractivity contribution in [3.05, 3.63) is 16.1 Å². The number of nitrogens with zero attached hydrogens (tertiary/aromatic N) is 1. The molecular formula is C11H17N3OS. The molecule has 5 heteroatoms. The van der Waals surface area contributed by atoms with Gasteiger partial charge in [0.15, 0.2) is 0 Å². The lowest BCUT2D eigenvalue weighted by atomic mass is 9.91. The molecule has 1 aliphatic rings. The van der Waals surface area contributed by atoms with Gasteiger partial charge in [0.1, 0.15) is 4.88 Å². The van der Waals surface area contributed by atoms with Gasteiger partial charge < -0.3 is 11.1 Å². The third kappa shape index (κ3) is 2.59. The third-order valence-corrected chi connectivity index (χ3v) is 3.89. The Kier molecular flexibility index (Phi) is 3.56. The molecule has 0 saturated heterocycles. The molecule has 1 aromatic heterocycles. The molecule has 1 saturated carbocycles. The fraction of sp³-hybridized carbons (Fsp3) is 0.636. The number of rotatable bonds is 2. The zero-order valence-corrected chi connectivity index (χ0v) is 10.2. The Balaban J connectivity index is 1.96. The van der Waals surface area contributed by atoms with Crippen LogP contribution in [0.2, 0.25) is 0 Å². The number of hydrogen-bond acceptors (Lipinski definition) is 4. The number of hydrogen-bond donors (Lipinski definition) is 2. The van der Waals surface area contributed by atoms with Crippen molar-refractivity contribution in [2.45, 2.75) is 44.7 Å². The van der Waals surface area contributed by atoms with Crippen LogP contribution >= 0.6 is 11.3 Å². The third-order valence-electron chi connectivity index (χ3n) is 2.98. The summed E-state index contributed by atoms with van der Waals surface area (Å²) in [4.78, 5) is 16.6. The summed E-state index contributed by atoms with van der Waals surface area (Å²) in [5, 5.41) is 3.92. The van der Waals surface area contributed by atoms with Crippen molar-refractivity contribution in [3.8, 4) is 0 Å². The summed E-state index contributed by atoms with van der Waals surface area (Å²) in [7, 11) is 0. The van der Waals surface area contributed by atoms with Crippen LogP contribution in [0, 0.1) is 6.92 Å². The van der Waals surface area contributed by atoms with Crippen molar-refractivity contribution < 1.29 is 4.79 Å². The summed E-state index contributed by atoms with van der Waals surface area (Å²) in [5.41, 5.74) is 5.98. The molecule has 1 aliphatic carbocycles. The standard InChI is InChI=1S/C11H17N3OS/c1-7-13-6-10(16-7)11(15)14-9-5-3-2-4-8(9)12/h6,8-9H,2-5,12H2,1H3,(H,14,15)/t8-,9-/m1/s1. The second-order valence-corrected chi connectivity index (χ2v) is 5.51. The van der Waals surface area contributed by atoms with Crippen molar-refractivity contribution in [3.63, 3.8) is 0 Å². The van der Waals surface area contributed by atoms with Gasteiger partial charge in [-0.2, -0.15) is 0 Å². The molecule has 1 aromatic rings. The van der Waals surface area contributed by atoms with Gasteiger partial charge in [0.2, 0.25) is 0 Å². The Morgan fingerprint density at radius 3 is 2.94 bits per heavy atom. The zero-order valence-electron chi connectivity index (χ0n) is 9.40. The van der Waals surface area contributed by atoms with Crippen molar-refractivity contribution in [2.24, 2.45) is 5.73 Å². The van der Waals surface area contributed by atoms with E-state index in [2.05, 4.69) is 10.3 Å². The van der Waals surface area contributed by atoms with E-state index in [1.54, 1.807) is 6.20 Å². The lowest BCUT2D eigenvalue weighted by Crippen LogP contribution is -2.49. The van der Waals surface area contributed by atoms with Gasteiger partial charge in [0.25, 0.3) is 5.91 Å². The Bertz CT molecular complexity index is 377. The predicted octanol–water partition coefficient (Wildman–Crippen LogP) is 1.45. The van der Waals surface area contributed by atoms with Crippen LogP contribution in [-0.4, -0.2) is 23.0 Å². The highest BCUT2D eigenvalue weighted by Crippen LogP contribution is 2.18. The van der Waals surface area contributed by atoms with E-state index in [9.17, 15) is 4.79 Å². The van der Waals surface area contributed by atoms with Gasteiger partial charge in [-0.3, -0.25) is 4.79 Å². The van der Waals surface area contributed by atoms with Crippen LogP contribution in [0.25, 0.3) is 0 Å². The quantitative estimate of drug-likeness (QED) is 0.821. The van der Waals surface area contributed by atoms with E-state index in [0.29, 0.717) is 4.88 Å². The summed E-state index contributed by atoms with van der Waals surface area (Å²) in [5.74, 6) is -0.0343. The molecule has 0 unspecified atom stereocenters. The number of thiazole rings is 1. The summed E-state index contributed by atoms with van der Waals surface area (Å²) >= 11 is 1.42. The van der Waals surface area contributed by atoms with Crippen LogP contribution < -0.4 is 11.1 Å². The maximum Gasteiger partial charge on any atom is 0.263 e. The molecule has 16 heavy (non-hydrogen) atoms. The van der Waals surface area contributed by atoms with E-state index >= 15 is 0 Å². The Morgan fingerprint density at radius 2 is 2.31 bits per heavy atom. The molecule has 88 valence electrons. The monoisotopic (exact) mass is 239 g/mol. The van der Waals surface area contributed by atoms with Crippen molar-refractivity contribution >= 4 is 17.2 Å². The molecule has 1 fully saturated rings. The van der Waals surface area contributed by atoms with E-state index in [4.69, 9.17) is 5.73 Å². The molecule has 0 bridgehead atoms. The number of carbonyl (C=O) groups is 1. The number of carbonyl (C=O) groups excluding carboxylic acids is 1. The number of nitrogens with two attached hydrogens (primary N) is 1. The van der Waals surface area contributed by atoms with E-state index in [0.717, 1.165) is 24.3 Å². The molecule has 3 N–H and O–H groups in total. The normalized spacial score (nSPS) is 25.4. The average Bonchev–Trinajstić information content (AvgIpc) is 2.68. The van der Waals surface area contributed by atoms with E-state index in [1.807, 2.05) is 6.92 Å². The van der Waals surface area contributed by atoms with Gasteiger partial charge in [-0.05, 0) is 19.8 Å². The number of aryl methyl sites for hydroxylation is 1. The molecule has 0 spiro atoms. The van der Waals surface area contributed by atoms with Gasteiger partial charge >= 0.3 is 0 Å². The maximum atomic E-state index is 11.9. The molecule has 1 amide bonds. The molecule has 2 rings (SSSR count). The molecule has 0 aliphatic heterocycles. The summed E-state index contributed by atoms with van der Waals surface area (Å²) in [6.07, 6.45) is 5.95. The number of amides is 1. The average molecular weight is 239 g/mol. The molecule has 0 aromatic carbocycles. The van der Waals surface area contributed by atoms with Gasteiger partial charge in [0, 0.05) is 12.1 Å². The topological polar surface area (TPSA) is 68.0 Å². The number of aromatic nitrogens is 1. The fourth-order valence-corrected chi connectivity index (χ4v) is 2.73. The minimum Gasteiger partial charge on any atom is -0.347 e. The van der Waals surface area contributed by atoms with Gasteiger partial charge in [-0.25, -0.2) is 4.98 Å². The van der Waals surface area contributed by atoms with Gasteiger partial charge in [-0.15, -0.1) is 11.3 Å². The van der Waals surface area contributed by atoms with Crippen LogP contribution in [0.4, 0.5) is 0 Å². The highest BCUT2D eigenvalue weighted by molar-refractivity contribution is 7.13. The van der Waals surface area contributed by atoms with Crippen LogP contribution in [0.5, 0.6) is 0 Å². The second-order valence-electron chi connectivity index (χ2n) is 4.27. The number of nitrogens with one attached hydrogen (secondary N) is 1. The van der Waals surface area contributed by atoms with Crippen molar-refractivity contribution in [1.29, 1.82) is 0 Å². The minimum absolute atomic E-state index is 0.0343. The lowest BCUT2D eigenvalue weighted by molar-refractivity contribution is 0.0925. The summed E-state index contributed by atoms with van der Waals surface area (Å²) in [6, 6.07) is 0.232. The first-order chi connectivity index (χ1) is 7.66. The van der Waals surface area contributed by atoms with Crippen LogP contribution in [0.3, 0.4) is 0 Å². The Morgan fingerprint density at radius 1 is 1.56 bits per heavy atom. The van der Waals surface area contributed by atoms with E-state index in [-0.39, 0.29) is 18.0 Å². The largest absolute Gasteiger partial charge is 0.347 e. The SMILES string of the molecule is Cc1ncc(C(=O)N[C@@H]2CCCC[C@H]2N)s1. The lowest BCUT2D eigenvalue weighted by Gasteiger charge is -2.29. The van der Waals surface area contributed by atoms with Crippen LogP contribution in [0.1, 0.15) is 40.4 Å². The zero-order chi connectivity index (χ0) is 11.5. The highest BCUT2D eigenvalue weighted by atomic mass is 32.1. The highest BCUT2D eigenvalue weighted by Gasteiger charge is 2.24. The van der Waals surface area contributed by atoms with Crippen LogP contribution in [-0.2, 0) is 0 Å². The predicted molar refractivity (Wildman–Crippen MR) is 64.5 cm³/mol. The van der Waals surface area contributed by atoms with Crippen molar-refractivity contribution in [1.82, 2.24) is 10.3 Å². The van der Waals surface area contributed by atoms with Gasteiger partial charge in [-0.1, -0.05) is 12.8 Å². The first-order valence-corrected chi connectivity index (χ1v) is 6.47. The Hall–Kier alpha value is -0.940. The summed E-state index contributed by atoms with van der Waals surface area (Å²) < 4.78 is 0. The Labute approximate surface area is 99.3 Å². The van der Waals surface area contributed by atoms with Crippen molar-refractivity contribution in [2.75, 3.05) is 0 Å². The smallest absolute Gasteiger partial charge is 0.263 e. The van der Waals surface area contributed by atoms with E-state index in [1.165, 1.54) is 17.8 Å². The first-order valence-electron chi connectivity index (χ1n) is 5.65. The van der Waals surface area contributed by atoms with E-state index < -0.39 is 0 Å². The molecule has 4 nitrogen and oxygen atoms in total. The molecule has 2 atom stereocenters. The second kappa shape index (κ2) is 4.93. The fourth-order valence-electron chi connectivity index (χ4n) is 2.04. The minimum atomic E-state index is -0.0343. The summed E-state index contributed by atoms with van der Waals surface area (Å²) in [6.45, 7) is 1.90.